The van der Waals surface area contributed by atoms with Gasteiger partial charge < -0.3 is 9.47 Å². The lowest BCUT2D eigenvalue weighted by atomic mass is 10.0. The summed E-state index contributed by atoms with van der Waals surface area (Å²) in [5, 5.41) is 0. The average Bonchev–Trinajstić information content (AvgIpc) is 2.92. The van der Waals surface area contributed by atoms with Crippen LogP contribution in [0.25, 0.3) is 0 Å². The van der Waals surface area contributed by atoms with Gasteiger partial charge in [0.05, 0.1) is 18.7 Å². The minimum Gasteiger partial charge on any atom is -0.450 e. The molecule has 2 bridgehead atoms. The Morgan fingerprint density at radius 3 is 2.64 bits per heavy atom. The monoisotopic (exact) mass is 197 g/mol. The Labute approximate surface area is 83.2 Å². The molecule has 0 aromatic carbocycles. The molecular formula is C10H15NO3. The summed E-state index contributed by atoms with van der Waals surface area (Å²) in [6.45, 7) is 2.31. The third-order valence-corrected chi connectivity index (χ3v) is 3.51. The first-order valence-electron chi connectivity index (χ1n) is 5.43. The van der Waals surface area contributed by atoms with Crippen LogP contribution in [0, 0.1) is 0 Å². The van der Waals surface area contributed by atoms with Gasteiger partial charge in [0.2, 0.25) is 0 Å². The molecular weight excluding hydrogens is 182 g/mol. The first-order valence-corrected chi connectivity index (χ1v) is 5.43. The van der Waals surface area contributed by atoms with Crippen molar-refractivity contribution in [1.82, 2.24) is 4.90 Å². The van der Waals surface area contributed by atoms with Crippen LogP contribution in [0.5, 0.6) is 0 Å². The third-order valence-electron chi connectivity index (χ3n) is 3.51. The van der Waals surface area contributed by atoms with E-state index in [1.807, 2.05) is 11.8 Å². The molecule has 3 fully saturated rings. The van der Waals surface area contributed by atoms with Crippen LogP contribution in [-0.2, 0) is 9.47 Å². The van der Waals surface area contributed by atoms with Gasteiger partial charge in [0, 0.05) is 0 Å². The number of carbonyl (C=O) groups excluding carboxylic acids is 1. The number of hydrogen-bond acceptors (Lipinski definition) is 3. The van der Waals surface area contributed by atoms with Crippen molar-refractivity contribution >= 4 is 6.09 Å². The van der Waals surface area contributed by atoms with Crippen molar-refractivity contribution in [3.8, 4) is 0 Å². The molecule has 3 saturated heterocycles. The smallest absolute Gasteiger partial charge is 0.410 e. The van der Waals surface area contributed by atoms with E-state index >= 15 is 0 Å². The Hall–Kier alpha value is -0.770. The number of epoxide rings is 1. The van der Waals surface area contributed by atoms with Gasteiger partial charge in [-0.05, 0) is 26.2 Å². The van der Waals surface area contributed by atoms with Crippen molar-refractivity contribution in [2.75, 3.05) is 6.61 Å². The zero-order valence-corrected chi connectivity index (χ0v) is 8.31. The maximum atomic E-state index is 11.7. The largest absolute Gasteiger partial charge is 0.450 e. The Morgan fingerprint density at radius 2 is 2.07 bits per heavy atom. The van der Waals surface area contributed by atoms with Crippen molar-refractivity contribution in [2.45, 2.75) is 50.5 Å². The molecule has 0 aliphatic carbocycles. The Morgan fingerprint density at radius 1 is 1.43 bits per heavy atom. The molecule has 0 spiro atoms. The minimum absolute atomic E-state index is 0.141. The van der Waals surface area contributed by atoms with Crippen molar-refractivity contribution in [1.29, 1.82) is 0 Å². The lowest BCUT2D eigenvalue weighted by Gasteiger charge is -2.35. The molecule has 4 nitrogen and oxygen atoms in total. The molecule has 3 aliphatic rings. The number of ether oxygens (including phenoxy) is 2. The predicted octanol–water partition coefficient (Wildman–Crippen LogP) is 1.15. The minimum atomic E-state index is -0.141. The fourth-order valence-electron chi connectivity index (χ4n) is 2.93. The van der Waals surface area contributed by atoms with Gasteiger partial charge in [0.1, 0.15) is 12.2 Å². The van der Waals surface area contributed by atoms with Crippen LogP contribution >= 0.6 is 0 Å². The molecule has 3 rings (SSSR count). The highest BCUT2D eigenvalue weighted by Gasteiger charge is 2.63. The lowest BCUT2D eigenvalue weighted by Crippen LogP contribution is -2.48. The van der Waals surface area contributed by atoms with Crippen LogP contribution in [0.15, 0.2) is 0 Å². The predicted molar refractivity (Wildman–Crippen MR) is 48.9 cm³/mol. The number of hydrogen-bond donors (Lipinski definition) is 0. The second-order valence-electron chi connectivity index (χ2n) is 4.24. The SMILES string of the molecule is CCOC(=O)N1C2CCCC1[C@@H]1O[C@H]21. The van der Waals surface area contributed by atoms with Gasteiger partial charge in [0.25, 0.3) is 0 Å². The number of rotatable bonds is 1. The zero-order valence-electron chi connectivity index (χ0n) is 8.31. The van der Waals surface area contributed by atoms with E-state index in [4.69, 9.17) is 9.47 Å². The average molecular weight is 197 g/mol. The maximum absolute atomic E-state index is 11.7. The van der Waals surface area contributed by atoms with E-state index in [0.29, 0.717) is 30.9 Å². The van der Waals surface area contributed by atoms with Gasteiger partial charge in [0.15, 0.2) is 0 Å². The molecule has 0 aromatic heterocycles. The number of morpholine rings is 1. The van der Waals surface area contributed by atoms with Crippen LogP contribution in [-0.4, -0.2) is 41.9 Å². The summed E-state index contributed by atoms with van der Waals surface area (Å²) in [6.07, 6.45) is 3.89. The van der Waals surface area contributed by atoms with Crippen molar-refractivity contribution in [2.24, 2.45) is 0 Å². The summed E-state index contributed by atoms with van der Waals surface area (Å²) in [5.74, 6) is 0. The van der Waals surface area contributed by atoms with E-state index in [2.05, 4.69) is 0 Å². The van der Waals surface area contributed by atoms with Crippen LogP contribution in [0.2, 0.25) is 0 Å². The topological polar surface area (TPSA) is 42.1 Å². The van der Waals surface area contributed by atoms with Gasteiger partial charge in [-0.25, -0.2) is 4.79 Å². The van der Waals surface area contributed by atoms with E-state index < -0.39 is 0 Å². The molecule has 0 N–H and O–H groups in total. The Kier molecular flexibility index (Phi) is 1.74. The Bertz CT molecular complexity index is 252. The van der Waals surface area contributed by atoms with Crippen molar-refractivity contribution < 1.29 is 14.3 Å². The second kappa shape index (κ2) is 2.86. The molecule has 0 saturated carbocycles. The number of fused-ring (bicyclic) bond motifs is 5. The number of carbonyl (C=O) groups is 1. The highest BCUT2D eigenvalue weighted by Crippen LogP contribution is 2.48. The van der Waals surface area contributed by atoms with Crippen LogP contribution in [0.1, 0.15) is 26.2 Å². The van der Waals surface area contributed by atoms with E-state index in [0.717, 1.165) is 12.8 Å². The van der Waals surface area contributed by atoms with E-state index in [1.165, 1.54) is 6.42 Å². The lowest BCUT2D eigenvalue weighted by molar-refractivity contribution is 0.0333. The quantitative estimate of drug-likeness (QED) is 0.592. The van der Waals surface area contributed by atoms with Gasteiger partial charge in [-0.3, -0.25) is 4.90 Å². The van der Waals surface area contributed by atoms with E-state index in [1.54, 1.807) is 0 Å². The normalized spacial score (nSPS) is 43.4. The van der Waals surface area contributed by atoms with Gasteiger partial charge in [-0.15, -0.1) is 0 Å². The number of piperidine rings is 1. The van der Waals surface area contributed by atoms with Crippen LogP contribution < -0.4 is 0 Å². The molecule has 0 radical (unpaired) electrons. The van der Waals surface area contributed by atoms with E-state index in [9.17, 15) is 4.79 Å². The molecule has 1 amide bonds. The molecule has 4 atom stereocenters. The van der Waals surface area contributed by atoms with Gasteiger partial charge in [-0.2, -0.15) is 0 Å². The van der Waals surface area contributed by atoms with E-state index in [-0.39, 0.29) is 6.09 Å². The molecule has 2 unspecified atom stereocenters. The van der Waals surface area contributed by atoms with Crippen molar-refractivity contribution in [3.05, 3.63) is 0 Å². The third kappa shape index (κ3) is 1.00. The molecule has 0 aromatic rings. The highest BCUT2D eigenvalue weighted by molar-refractivity contribution is 5.70. The number of amides is 1. The molecule has 3 aliphatic heterocycles. The molecule has 78 valence electrons. The summed E-state index contributed by atoms with van der Waals surface area (Å²) < 4.78 is 10.6. The zero-order chi connectivity index (χ0) is 9.71. The highest BCUT2D eigenvalue weighted by atomic mass is 16.6. The van der Waals surface area contributed by atoms with Gasteiger partial charge >= 0.3 is 6.09 Å². The second-order valence-corrected chi connectivity index (χ2v) is 4.24. The van der Waals surface area contributed by atoms with Gasteiger partial charge in [-0.1, -0.05) is 0 Å². The summed E-state index contributed by atoms with van der Waals surface area (Å²) >= 11 is 0. The molecule has 14 heavy (non-hydrogen) atoms. The first-order chi connectivity index (χ1) is 6.83. The molecule has 3 heterocycles. The fraction of sp³-hybridized carbons (Fsp3) is 0.900. The fourth-order valence-corrected chi connectivity index (χ4v) is 2.93. The summed E-state index contributed by atoms with van der Waals surface area (Å²) in [7, 11) is 0. The van der Waals surface area contributed by atoms with Crippen LogP contribution in [0.4, 0.5) is 4.79 Å². The van der Waals surface area contributed by atoms with Crippen molar-refractivity contribution in [3.63, 3.8) is 0 Å². The summed E-state index contributed by atoms with van der Waals surface area (Å²) in [6, 6.07) is 0.607. The summed E-state index contributed by atoms with van der Waals surface area (Å²) in [5.41, 5.74) is 0. The Balaban J connectivity index is 1.78. The summed E-state index contributed by atoms with van der Waals surface area (Å²) in [4.78, 5) is 13.6. The number of nitrogens with zero attached hydrogens (tertiary/aromatic N) is 1. The maximum Gasteiger partial charge on any atom is 0.410 e. The molecule has 4 heteroatoms. The van der Waals surface area contributed by atoms with Crippen LogP contribution in [0.3, 0.4) is 0 Å². The standard InChI is InChI=1S/C10H15NO3/c1-2-13-10(12)11-6-4-3-5-7(11)9-8(6)14-9/h6-9H,2-5H2,1H3/t6?,7?,8-,9+. The first kappa shape index (κ1) is 8.53.